The molecule has 0 fully saturated rings. The number of carboxylic acid groups (broad SMARTS) is 2. The summed E-state index contributed by atoms with van der Waals surface area (Å²) < 4.78 is 31.9. The molecule has 2 aromatic heterocycles. The van der Waals surface area contributed by atoms with E-state index in [0.29, 0.717) is 61.8 Å². The van der Waals surface area contributed by atoms with Gasteiger partial charge in [0.25, 0.3) is 11.8 Å². The van der Waals surface area contributed by atoms with E-state index in [0.717, 1.165) is 16.8 Å². The molecule has 0 spiro atoms. The van der Waals surface area contributed by atoms with E-state index in [1.807, 2.05) is 134 Å². The maximum absolute atomic E-state index is 14.0. The van der Waals surface area contributed by atoms with E-state index in [1.165, 1.54) is 24.3 Å². The minimum atomic E-state index is -1.56. The Morgan fingerprint density at radius 2 is 0.805 bits per heavy atom. The molecule has 8 rings (SSSR count). The Labute approximate surface area is 564 Å². The summed E-state index contributed by atoms with van der Waals surface area (Å²) in [6.07, 6.45) is -6.69. The number of nitrogens with zero attached hydrogens (tertiary/aromatic N) is 2. The van der Waals surface area contributed by atoms with Gasteiger partial charge in [-0.2, -0.15) is 0 Å². The maximum Gasteiger partial charge on any atom is 2.00 e. The third-order valence-electron chi connectivity index (χ3n) is 13.8. The van der Waals surface area contributed by atoms with Gasteiger partial charge >= 0.3 is 75.5 Å². The van der Waals surface area contributed by atoms with Gasteiger partial charge in [-0.05, 0) is 133 Å². The predicted octanol–water partition coefficient (Wildman–Crippen LogP) is 5.46. The summed E-state index contributed by atoms with van der Waals surface area (Å²) in [5.74, 6) is -4.58. The number of aliphatic carboxylic acids is 2. The molecule has 0 radical (unpaired) electrons. The fourth-order valence-corrected chi connectivity index (χ4v) is 10.4. The zero-order valence-electron chi connectivity index (χ0n) is 49.0. The molecular formula is C66H72Ca2F2N4O13. The molecule has 2 heterocycles. The minimum absolute atomic E-state index is 0. The van der Waals surface area contributed by atoms with E-state index >= 15 is 0 Å². The van der Waals surface area contributed by atoms with Gasteiger partial charge in [-0.15, -0.1) is 12.2 Å². The van der Waals surface area contributed by atoms with Crippen LogP contribution in [0.3, 0.4) is 0 Å². The fraction of sp³-hybridized carbons (Fsp3) is 0.273. The monoisotopic (exact) mass is 1250 g/mol. The molecule has 2 amide bonds. The Morgan fingerprint density at radius 1 is 0.460 bits per heavy atom. The number of hydrogen-bond donors (Lipinski definition) is 4. The summed E-state index contributed by atoms with van der Waals surface area (Å²) in [7, 11) is 0. The van der Waals surface area contributed by atoms with Crippen molar-refractivity contribution >= 4 is 111 Å². The van der Waals surface area contributed by atoms with E-state index in [9.17, 15) is 58.6 Å². The zero-order chi connectivity index (χ0) is 59.0. The van der Waals surface area contributed by atoms with Gasteiger partial charge in [0.15, 0.2) is 0 Å². The molecule has 4 atom stereocenters. The number of anilines is 2. The van der Waals surface area contributed by atoms with Crippen molar-refractivity contribution in [3.8, 4) is 44.8 Å². The molecule has 0 unspecified atom stereocenters. The first kappa shape index (κ1) is 77.0. The second kappa shape index (κ2) is 37.0. The van der Waals surface area contributed by atoms with E-state index in [1.54, 1.807) is 48.5 Å². The molecular weight excluding hydrogens is 1170 g/mol. The maximum atomic E-state index is 14.0. The number of carboxylic acids is 2. The molecule has 17 nitrogen and oxygen atoms in total. The van der Waals surface area contributed by atoms with Crippen LogP contribution >= 0.6 is 0 Å². The third kappa shape index (κ3) is 21.0. The quantitative estimate of drug-likeness (QED) is 0.0554. The van der Waals surface area contributed by atoms with Crippen molar-refractivity contribution in [2.24, 2.45) is 0 Å². The van der Waals surface area contributed by atoms with Crippen LogP contribution in [0.25, 0.3) is 44.8 Å². The molecule has 21 heteroatoms. The average Bonchev–Trinajstić information content (AvgIpc) is 1.71. The number of carbonyl (C=O) groups excluding carboxylic acids is 4. The number of benzene rings is 6. The zero-order valence-corrected chi connectivity index (χ0v) is 53.4. The molecule has 0 aliphatic rings. The molecule has 10 N–H and O–H groups in total. The van der Waals surface area contributed by atoms with Gasteiger partial charge in [-0.1, -0.05) is 131 Å². The third-order valence-corrected chi connectivity index (χ3v) is 13.8. The first-order chi connectivity index (χ1) is 39.3. The molecule has 452 valence electrons. The summed E-state index contributed by atoms with van der Waals surface area (Å²) >= 11 is 0. The number of aromatic nitrogens is 2. The number of hydrogen-bond acceptors (Lipinski definition) is 10. The summed E-state index contributed by atoms with van der Waals surface area (Å²) in [6.45, 7) is 8.30. The van der Waals surface area contributed by atoms with Gasteiger partial charge in [0.2, 0.25) is 0 Å². The van der Waals surface area contributed by atoms with Crippen molar-refractivity contribution in [1.29, 1.82) is 0 Å². The number of aliphatic hydroxyl groups is 2. The molecule has 0 aliphatic carbocycles. The SMILES string of the molecule is CC(C)c1c(C(=O)Nc2ccccc2)c(-c2ccccc2)c(-c2ccc(F)cc2)n1CC[C@@H](O)C[C@@H](O)CC(=O)[O-].CC(C)c1c(C(=O)Nc2ccccc2)c(-c2ccccc2)c(-c2ccc(F)cc2)n1CC[C@@H]([O-])C[C@@H]([O-])CC(=O)[O-].O.O.O.[Ca+2].[Ca+2]. The normalized spacial score (nSPS) is 12.0. The Bertz CT molecular complexity index is 3180. The second-order valence-electron chi connectivity index (χ2n) is 20.7. The van der Waals surface area contributed by atoms with Crippen LogP contribution < -0.4 is 31.1 Å². The molecule has 0 saturated carbocycles. The Morgan fingerprint density at radius 3 is 1.15 bits per heavy atom. The number of amides is 2. The van der Waals surface area contributed by atoms with Gasteiger partial charge in [-0.25, -0.2) is 8.78 Å². The molecule has 0 saturated heterocycles. The average molecular weight is 1250 g/mol. The van der Waals surface area contributed by atoms with Crippen molar-refractivity contribution in [3.05, 3.63) is 204 Å². The molecule has 0 bridgehead atoms. The summed E-state index contributed by atoms with van der Waals surface area (Å²) in [5.41, 5.74) is 9.21. The molecule has 8 aromatic rings. The largest absolute Gasteiger partial charge is 2.00 e. The predicted molar refractivity (Wildman–Crippen MR) is 327 cm³/mol. The van der Waals surface area contributed by atoms with Crippen LogP contribution in [-0.4, -0.2) is 159 Å². The van der Waals surface area contributed by atoms with Crippen molar-refractivity contribution < 1.29 is 75.0 Å². The van der Waals surface area contributed by atoms with Crippen molar-refractivity contribution in [2.45, 2.75) is 116 Å². The number of carbonyl (C=O) groups is 4. The number of aliphatic hydroxyl groups excluding tert-OH is 2. The van der Waals surface area contributed by atoms with Crippen molar-refractivity contribution in [1.82, 2.24) is 9.13 Å². The van der Waals surface area contributed by atoms with Gasteiger partial charge in [0.1, 0.15) is 11.6 Å². The molecule has 87 heavy (non-hydrogen) atoms. The Hall–Kier alpha value is -6.14. The summed E-state index contributed by atoms with van der Waals surface area (Å²) in [6, 6.07) is 49.2. The first-order valence-electron chi connectivity index (χ1n) is 27.3. The van der Waals surface area contributed by atoms with Crippen LogP contribution in [0.2, 0.25) is 0 Å². The smallest absolute Gasteiger partial charge is 0.852 e. The van der Waals surface area contributed by atoms with Gasteiger partial charge < -0.3 is 76.4 Å². The van der Waals surface area contributed by atoms with Gasteiger partial charge in [-0.3, -0.25) is 9.59 Å². The first-order valence-corrected chi connectivity index (χ1v) is 27.3. The molecule has 6 aromatic carbocycles. The van der Waals surface area contributed by atoms with E-state index in [2.05, 4.69) is 10.6 Å². The fourth-order valence-electron chi connectivity index (χ4n) is 10.4. The van der Waals surface area contributed by atoms with Crippen LogP contribution in [-0.2, 0) is 22.7 Å². The Kier molecular flexibility index (Phi) is 32.7. The van der Waals surface area contributed by atoms with Crippen molar-refractivity contribution in [3.63, 3.8) is 0 Å². The molecule has 0 aliphatic heterocycles. The van der Waals surface area contributed by atoms with E-state index < -0.39 is 60.8 Å². The van der Waals surface area contributed by atoms with Crippen LogP contribution in [0, 0.1) is 11.6 Å². The van der Waals surface area contributed by atoms with Gasteiger partial charge in [0, 0.05) is 65.3 Å². The van der Waals surface area contributed by atoms with Crippen LogP contribution in [0.4, 0.5) is 20.2 Å². The van der Waals surface area contributed by atoms with Crippen LogP contribution in [0.15, 0.2) is 170 Å². The second-order valence-corrected chi connectivity index (χ2v) is 20.7. The number of rotatable bonds is 24. The topological polar surface area (TPSA) is 329 Å². The van der Waals surface area contributed by atoms with E-state index in [4.69, 9.17) is 0 Å². The summed E-state index contributed by atoms with van der Waals surface area (Å²) in [4.78, 5) is 49.7. The van der Waals surface area contributed by atoms with Gasteiger partial charge in [0.05, 0.1) is 34.7 Å². The number of para-hydroxylation sites is 2. The van der Waals surface area contributed by atoms with Crippen molar-refractivity contribution in [2.75, 3.05) is 10.6 Å². The minimum Gasteiger partial charge on any atom is -0.852 e. The van der Waals surface area contributed by atoms with Crippen LogP contribution in [0.1, 0.15) is 110 Å². The van der Waals surface area contributed by atoms with Crippen LogP contribution in [0.5, 0.6) is 0 Å². The summed E-state index contributed by atoms with van der Waals surface area (Å²) in [5, 5.41) is 73.3. The standard InChI is InChI=1S/C33H35FN2O5.C33H33FN2O5.2Ca.3H2O/c2*1-21(2)31-30(33(41)35-25-11-7-4-8-12-25)29(22-9-5-3-6-10-22)32(23-13-15-24(34)16-14-23)36(31)18-17-26(37)19-27(38)20-28(39)40;;;;;/h3-16,21,26-27,37-38H,17-20H2,1-2H3,(H,35,41)(H,39,40);3-16,21,26-27H,17-20H2,1-2H3,(H,35,41)(H,39,40);;;3*1H2/q;-2;2*+2;;;/p-2/t2*26-,27-;;;;;/m11...../s1. The number of nitrogens with one attached hydrogen (secondary N) is 2. The van der Waals surface area contributed by atoms with E-state index in [-0.39, 0.29) is 154 Å². The Balaban J connectivity index is 0.000000561. The number of halogens is 2.